The van der Waals surface area contributed by atoms with Gasteiger partial charge in [0, 0.05) is 40.9 Å². The Hall–Kier alpha value is -2.42. The van der Waals surface area contributed by atoms with E-state index in [4.69, 9.17) is 9.47 Å². The van der Waals surface area contributed by atoms with Crippen molar-refractivity contribution in [1.29, 1.82) is 0 Å². The normalized spacial score (nSPS) is 25.1. The molecule has 1 saturated heterocycles. The molecule has 0 saturated carbocycles. The van der Waals surface area contributed by atoms with E-state index < -0.39 is 53.0 Å². The minimum Gasteiger partial charge on any atom is -0.493 e. The molecule has 28 heavy (non-hydrogen) atoms. The van der Waals surface area contributed by atoms with Crippen LogP contribution in [0.3, 0.4) is 0 Å². The van der Waals surface area contributed by atoms with Gasteiger partial charge in [0.05, 0.1) is 7.11 Å². The second-order valence-corrected chi connectivity index (χ2v) is 6.84. The van der Waals surface area contributed by atoms with Crippen LogP contribution >= 0.6 is 0 Å². The van der Waals surface area contributed by atoms with E-state index >= 15 is 0 Å². The Morgan fingerprint density at radius 1 is 1.18 bits per heavy atom. The minimum atomic E-state index is -4.68. The first-order chi connectivity index (χ1) is 13.0. The molecule has 9 heteroatoms. The average molecular weight is 403 g/mol. The van der Waals surface area contributed by atoms with E-state index in [-0.39, 0.29) is 11.3 Å². The van der Waals surface area contributed by atoms with Crippen LogP contribution < -0.4 is 10.2 Å². The molecule has 3 rings (SSSR count). The molecule has 1 N–H and O–H groups in total. The average Bonchev–Trinajstić information content (AvgIpc) is 2.94. The first-order valence-corrected chi connectivity index (χ1v) is 8.49. The lowest BCUT2D eigenvalue weighted by atomic mass is 9.81. The maximum absolute atomic E-state index is 14.2. The quantitative estimate of drug-likeness (QED) is 0.774. The molecule has 1 aliphatic heterocycles. The standard InChI is InChI=1S/C19H18F5NO3/c1-8-6-10(26)7-13(25-8)17-14(9(2)18(28-17)19(22,23)24)11-4-5-12(20)15(21)16(11)27-3/h4-7,9,14,17-18H,1-3H3,(H,25,26)/t9-,14-,17-,18+/m0/s1. The highest BCUT2D eigenvalue weighted by Gasteiger charge is 2.56. The highest BCUT2D eigenvalue weighted by molar-refractivity contribution is 5.41. The largest absolute Gasteiger partial charge is 0.493 e. The number of aryl methyl sites for hydroxylation is 1. The molecule has 0 radical (unpaired) electrons. The zero-order valence-corrected chi connectivity index (χ0v) is 15.2. The lowest BCUT2D eigenvalue weighted by Crippen LogP contribution is -2.33. The van der Waals surface area contributed by atoms with Crippen molar-refractivity contribution in [2.45, 2.75) is 38.1 Å². The first kappa shape index (κ1) is 20.3. The monoisotopic (exact) mass is 403 g/mol. The lowest BCUT2D eigenvalue weighted by molar-refractivity contribution is -0.223. The SMILES string of the molecule is COc1c([C@@H]2[C@H](C)[C@H](C(F)(F)F)O[C@H]2c2cc(=O)cc(C)[nH]2)ccc(F)c1F. The van der Waals surface area contributed by atoms with Crippen molar-refractivity contribution < 1.29 is 31.4 Å². The Morgan fingerprint density at radius 2 is 1.86 bits per heavy atom. The number of benzene rings is 1. The number of alkyl halides is 3. The lowest BCUT2D eigenvalue weighted by Gasteiger charge is -2.24. The van der Waals surface area contributed by atoms with Gasteiger partial charge in [-0.25, -0.2) is 4.39 Å². The van der Waals surface area contributed by atoms with E-state index in [1.807, 2.05) is 0 Å². The van der Waals surface area contributed by atoms with Crippen LogP contribution in [-0.4, -0.2) is 24.4 Å². The molecular weight excluding hydrogens is 385 g/mol. The molecule has 1 aromatic heterocycles. The maximum atomic E-state index is 14.2. The van der Waals surface area contributed by atoms with Gasteiger partial charge < -0.3 is 14.5 Å². The number of pyridine rings is 1. The van der Waals surface area contributed by atoms with Gasteiger partial charge in [-0.2, -0.15) is 17.6 Å². The summed E-state index contributed by atoms with van der Waals surface area (Å²) < 4.78 is 78.6. The summed E-state index contributed by atoms with van der Waals surface area (Å²) in [6.45, 7) is 2.90. The third-order valence-corrected chi connectivity index (χ3v) is 4.93. The summed E-state index contributed by atoms with van der Waals surface area (Å²) in [5, 5.41) is 0. The van der Waals surface area contributed by atoms with Crippen LogP contribution in [0, 0.1) is 24.5 Å². The number of aromatic nitrogens is 1. The number of methoxy groups -OCH3 is 1. The second kappa shape index (κ2) is 7.20. The van der Waals surface area contributed by atoms with Gasteiger partial charge in [0.1, 0.15) is 6.10 Å². The summed E-state index contributed by atoms with van der Waals surface area (Å²) in [7, 11) is 1.10. The van der Waals surface area contributed by atoms with E-state index in [2.05, 4.69) is 4.98 Å². The predicted molar refractivity (Wildman–Crippen MR) is 90.3 cm³/mol. The topological polar surface area (TPSA) is 51.3 Å². The van der Waals surface area contributed by atoms with E-state index in [1.165, 1.54) is 19.1 Å². The molecular formula is C19H18F5NO3. The summed E-state index contributed by atoms with van der Waals surface area (Å²) in [6.07, 6.45) is -8.06. The van der Waals surface area contributed by atoms with Gasteiger partial charge in [-0.15, -0.1) is 0 Å². The molecule has 4 nitrogen and oxygen atoms in total. The molecule has 4 atom stereocenters. The molecule has 152 valence electrons. The van der Waals surface area contributed by atoms with Gasteiger partial charge in [-0.05, 0) is 13.0 Å². The van der Waals surface area contributed by atoms with Crippen molar-refractivity contribution in [3.8, 4) is 5.75 Å². The third kappa shape index (κ3) is 3.50. The van der Waals surface area contributed by atoms with Crippen LogP contribution in [-0.2, 0) is 4.74 Å². The van der Waals surface area contributed by atoms with Gasteiger partial charge >= 0.3 is 6.18 Å². The van der Waals surface area contributed by atoms with E-state index in [0.717, 1.165) is 19.2 Å². The minimum absolute atomic E-state index is 0.0352. The highest BCUT2D eigenvalue weighted by atomic mass is 19.4. The number of ether oxygens (including phenoxy) is 2. The number of rotatable bonds is 3. The Labute approximate surface area is 157 Å². The number of hydrogen-bond donors (Lipinski definition) is 1. The summed E-state index contributed by atoms with van der Waals surface area (Å²) in [6, 6.07) is 4.44. The number of halogens is 5. The van der Waals surface area contributed by atoms with Crippen LogP contribution in [0.1, 0.15) is 35.9 Å². The summed E-state index contributed by atoms with van der Waals surface area (Å²) in [4.78, 5) is 14.7. The molecule has 1 aliphatic rings. The number of nitrogens with one attached hydrogen (secondary N) is 1. The van der Waals surface area contributed by atoms with Crippen LogP contribution in [0.5, 0.6) is 5.75 Å². The number of aromatic amines is 1. The molecule has 0 spiro atoms. The van der Waals surface area contributed by atoms with E-state index in [1.54, 1.807) is 6.92 Å². The fourth-order valence-corrected chi connectivity index (χ4v) is 3.80. The Kier molecular flexibility index (Phi) is 5.22. The van der Waals surface area contributed by atoms with Crippen molar-refractivity contribution in [2.24, 2.45) is 5.92 Å². The maximum Gasteiger partial charge on any atom is 0.414 e. The van der Waals surface area contributed by atoms with Crippen molar-refractivity contribution in [3.05, 3.63) is 63.1 Å². The van der Waals surface area contributed by atoms with Crippen LogP contribution in [0.15, 0.2) is 29.1 Å². The fourth-order valence-electron chi connectivity index (χ4n) is 3.80. The third-order valence-electron chi connectivity index (χ3n) is 4.93. The summed E-state index contributed by atoms with van der Waals surface area (Å²) in [5.74, 6) is -5.13. The smallest absolute Gasteiger partial charge is 0.414 e. The number of hydrogen-bond acceptors (Lipinski definition) is 3. The summed E-state index contributed by atoms with van der Waals surface area (Å²) in [5.41, 5.74) is 0.188. The molecule has 0 unspecified atom stereocenters. The number of H-pyrrole nitrogens is 1. The van der Waals surface area contributed by atoms with Gasteiger partial charge in [0.2, 0.25) is 5.82 Å². The van der Waals surface area contributed by atoms with E-state index in [9.17, 15) is 26.7 Å². The molecule has 1 fully saturated rings. The Morgan fingerprint density at radius 3 is 2.43 bits per heavy atom. The molecule has 0 bridgehead atoms. The second-order valence-electron chi connectivity index (χ2n) is 6.84. The predicted octanol–water partition coefficient (Wildman–Crippen LogP) is 4.39. The van der Waals surface area contributed by atoms with E-state index in [0.29, 0.717) is 5.69 Å². The van der Waals surface area contributed by atoms with Crippen LogP contribution in [0.25, 0.3) is 0 Å². The van der Waals surface area contributed by atoms with Gasteiger partial charge in [-0.3, -0.25) is 4.79 Å². The van der Waals surface area contributed by atoms with Gasteiger partial charge in [-0.1, -0.05) is 13.0 Å². The van der Waals surface area contributed by atoms with Crippen molar-refractivity contribution >= 4 is 0 Å². The van der Waals surface area contributed by atoms with Crippen LogP contribution in [0.4, 0.5) is 22.0 Å². The zero-order chi connectivity index (χ0) is 20.8. The van der Waals surface area contributed by atoms with Gasteiger partial charge in [0.15, 0.2) is 23.1 Å². The Balaban J connectivity index is 2.20. The zero-order valence-electron chi connectivity index (χ0n) is 15.2. The van der Waals surface area contributed by atoms with Crippen molar-refractivity contribution in [1.82, 2.24) is 4.98 Å². The van der Waals surface area contributed by atoms with Gasteiger partial charge in [0.25, 0.3) is 0 Å². The van der Waals surface area contributed by atoms with Crippen molar-refractivity contribution in [3.63, 3.8) is 0 Å². The highest BCUT2D eigenvalue weighted by Crippen LogP contribution is 2.53. The van der Waals surface area contributed by atoms with Crippen LogP contribution in [0.2, 0.25) is 0 Å². The molecule has 2 heterocycles. The fraction of sp³-hybridized carbons (Fsp3) is 0.421. The summed E-state index contributed by atoms with van der Waals surface area (Å²) >= 11 is 0. The Bertz CT molecular complexity index is 940. The first-order valence-electron chi connectivity index (χ1n) is 8.49. The molecule has 1 aromatic carbocycles. The molecule has 0 amide bonds. The van der Waals surface area contributed by atoms with Crippen molar-refractivity contribution in [2.75, 3.05) is 7.11 Å². The molecule has 2 aromatic rings. The molecule has 0 aliphatic carbocycles.